The molecule has 0 radical (unpaired) electrons. The van der Waals surface area contributed by atoms with Crippen molar-refractivity contribution in [3.05, 3.63) is 76.6 Å². The van der Waals surface area contributed by atoms with Crippen molar-refractivity contribution in [2.45, 2.75) is 32.8 Å². The van der Waals surface area contributed by atoms with Gasteiger partial charge in [-0.2, -0.15) is 5.10 Å². The number of amides is 1. The minimum absolute atomic E-state index is 0.105. The molecule has 1 aromatic heterocycles. The summed E-state index contributed by atoms with van der Waals surface area (Å²) in [5.41, 5.74) is 6.43. The Morgan fingerprint density at radius 3 is 2.75 bits per heavy atom. The molecule has 142 valence electrons. The highest BCUT2D eigenvalue weighted by molar-refractivity contribution is 5.98. The van der Waals surface area contributed by atoms with Crippen LogP contribution in [0.25, 0.3) is 5.69 Å². The molecule has 3 heterocycles. The van der Waals surface area contributed by atoms with E-state index in [9.17, 15) is 4.79 Å². The van der Waals surface area contributed by atoms with E-state index < -0.39 is 0 Å². The van der Waals surface area contributed by atoms with Crippen LogP contribution in [-0.2, 0) is 6.42 Å². The average molecular weight is 373 g/mol. The lowest BCUT2D eigenvalue weighted by molar-refractivity contribution is 0.0792. The van der Waals surface area contributed by atoms with E-state index in [1.165, 1.54) is 16.7 Å². The molecule has 3 aromatic rings. The second-order valence-corrected chi connectivity index (χ2v) is 7.74. The highest BCUT2D eigenvalue weighted by Gasteiger charge is 2.35. The van der Waals surface area contributed by atoms with Crippen LogP contribution in [0.4, 0.5) is 0 Å². The van der Waals surface area contributed by atoms with Gasteiger partial charge in [0.15, 0.2) is 0 Å². The molecule has 0 saturated carbocycles. The lowest BCUT2D eigenvalue weighted by Crippen LogP contribution is -2.28. The molecular weight excluding hydrogens is 350 g/mol. The van der Waals surface area contributed by atoms with Gasteiger partial charge in [-0.3, -0.25) is 4.79 Å². The fraction of sp³-hybridized carbons (Fsp3) is 0.304. The molecule has 1 atom stereocenters. The lowest BCUT2D eigenvalue weighted by atomic mass is 9.93. The Labute approximate surface area is 164 Å². The first-order valence-corrected chi connectivity index (χ1v) is 9.78. The van der Waals surface area contributed by atoms with Gasteiger partial charge in [0.2, 0.25) is 0 Å². The Hall–Kier alpha value is -3.08. The number of nitrogens with zero attached hydrogens (tertiary/aromatic N) is 3. The molecule has 28 heavy (non-hydrogen) atoms. The Morgan fingerprint density at radius 1 is 1.18 bits per heavy atom. The fourth-order valence-electron chi connectivity index (χ4n) is 4.21. The maximum atomic E-state index is 13.0. The first kappa shape index (κ1) is 17.0. The third-order valence-corrected chi connectivity index (χ3v) is 5.99. The summed E-state index contributed by atoms with van der Waals surface area (Å²) in [5, 5.41) is 4.27. The number of benzene rings is 2. The largest absolute Gasteiger partial charge is 0.487 e. The summed E-state index contributed by atoms with van der Waals surface area (Å²) in [5.74, 6) is 0.890. The Kier molecular flexibility index (Phi) is 3.97. The van der Waals surface area contributed by atoms with E-state index in [0.717, 1.165) is 36.4 Å². The normalized spacial score (nSPS) is 18.0. The van der Waals surface area contributed by atoms with E-state index in [1.807, 2.05) is 27.9 Å². The van der Waals surface area contributed by atoms with Crippen LogP contribution in [0.3, 0.4) is 0 Å². The number of carbonyl (C=O) groups excluding carboxylic acids is 1. The molecule has 2 bridgehead atoms. The smallest absolute Gasteiger partial charge is 0.257 e. The van der Waals surface area contributed by atoms with Gasteiger partial charge in [-0.05, 0) is 66.8 Å². The van der Waals surface area contributed by atoms with Crippen molar-refractivity contribution in [1.82, 2.24) is 14.7 Å². The van der Waals surface area contributed by atoms with Gasteiger partial charge in [-0.25, -0.2) is 4.68 Å². The quantitative estimate of drug-likeness (QED) is 0.704. The van der Waals surface area contributed by atoms with Crippen LogP contribution in [0.2, 0.25) is 0 Å². The lowest BCUT2D eigenvalue weighted by Gasteiger charge is -2.21. The second kappa shape index (κ2) is 6.51. The highest BCUT2D eigenvalue weighted by Crippen LogP contribution is 2.36. The number of fused-ring (bicyclic) bond motifs is 3. The Morgan fingerprint density at radius 2 is 2.00 bits per heavy atom. The van der Waals surface area contributed by atoms with Crippen molar-refractivity contribution >= 4 is 5.91 Å². The summed E-state index contributed by atoms with van der Waals surface area (Å²) in [4.78, 5) is 14.9. The minimum Gasteiger partial charge on any atom is -0.487 e. The Balaban J connectivity index is 1.48. The van der Waals surface area contributed by atoms with E-state index in [4.69, 9.17) is 4.74 Å². The zero-order chi connectivity index (χ0) is 19.3. The fourth-order valence-corrected chi connectivity index (χ4v) is 4.21. The number of ether oxygens (including phenoxy) is 1. The van der Waals surface area contributed by atoms with Crippen molar-refractivity contribution in [2.24, 2.45) is 0 Å². The van der Waals surface area contributed by atoms with Gasteiger partial charge in [-0.1, -0.05) is 12.1 Å². The number of rotatable bonds is 3. The van der Waals surface area contributed by atoms with Crippen LogP contribution in [0, 0.1) is 13.8 Å². The highest BCUT2D eigenvalue weighted by atomic mass is 16.5. The number of hydrogen-bond donors (Lipinski definition) is 0. The van der Waals surface area contributed by atoms with Crippen molar-refractivity contribution < 1.29 is 9.53 Å². The number of aromatic nitrogens is 2. The van der Waals surface area contributed by atoms with E-state index in [1.54, 1.807) is 6.20 Å². The van der Waals surface area contributed by atoms with E-state index in [2.05, 4.69) is 43.2 Å². The monoisotopic (exact) mass is 373 g/mol. The molecule has 5 nitrogen and oxygen atoms in total. The first-order chi connectivity index (χ1) is 13.6. The Bertz CT molecular complexity index is 1040. The summed E-state index contributed by atoms with van der Waals surface area (Å²) >= 11 is 0. The molecule has 0 N–H and O–H groups in total. The van der Waals surface area contributed by atoms with Crippen molar-refractivity contribution in [1.29, 1.82) is 0 Å². The van der Waals surface area contributed by atoms with Crippen LogP contribution in [-0.4, -0.2) is 39.8 Å². The topological polar surface area (TPSA) is 47.4 Å². The summed E-state index contributed by atoms with van der Waals surface area (Å²) in [6.45, 7) is 5.69. The van der Waals surface area contributed by atoms with E-state index in [0.29, 0.717) is 12.1 Å². The molecule has 2 aliphatic rings. The van der Waals surface area contributed by atoms with Crippen LogP contribution in [0.1, 0.15) is 39.0 Å². The molecular formula is C23H23N3O2. The van der Waals surface area contributed by atoms with Crippen LogP contribution in [0.15, 0.2) is 48.8 Å². The molecule has 5 heteroatoms. The zero-order valence-electron chi connectivity index (χ0n) is 16.2. The predicted octanol–water partition coefficient (Wildman–Crippen LogP) is 3.69. The molecule has 1 saturated heterocycles. The molecule has 5 rings (SSSR count). The average Bonchev–Trinajstić information content (AvgIpc) is 3.37. The van der Waals surface area contributed by atoms with Gasteiger partial charge in [0.05, 0.1) is 17.8 Å². The third kappa shape index (κ3) is 2.78. The zero-order valence-corrected chi connectivity index (χ0v) is 16.2. The van der Waals surface area contributed by atoms with Crippen LogP contribution in [0.5, 0.6) is 5.75 Å². The van der Waals surface area contributed by atoms with Gasteiger partial charge < -0.3 is 9.64 Å². The van der Waals surface area contributed by atoms with Gasteiger partial charge in [0.25, 0.3) is 5.91 Å². The van der Waals surface area contributed by atoms with E-state index >= 15 is 0 Å². The minimum atomic E-state index is 0.105. The number of hydrogen-bond acceptors (Lipinski definition) is 3. The van der Waals surface area contributed by atoms with Crippen molar-refractivity contribution in [3.63, 3.8) is 0 Å². The molecule has 0 aliphatic carbocycles. The predicted molar refractivity (Wildman–Crippen MR) is 107 cm³/mol. The maximum Gasteiger partial charge on any atom is 0.257 e. The SMILES string of the molecule is Cc1c(Cc2ccc(-n3cccn3)cc2)cc2c(c1C)O[C@@H]1CCN(C1)C2=O. The van der Waals surface area contributed by atoms with Crippen LogP contribution < -0.4 is 4.74 Å². The molecule has 2 aliphatic heterocycles. The van der Waals surface area contributed by atoms with Crippen molar-refractivity contribution in [3.8, 4) is 11.4 Å². The standard InChI is InChI=1S/C23H23N3O2/c1-15-16(2)22-21(23(27)25-11-8-20(14-25)28-22)13-18(15)12-17-4-6-19(7-5-17)26-10-3-9-24-26/h3-7,9-10,13,20H,8,11-12,14H2,1-2H3/t20-/m1/s1. The summed E-state index contributed by atoms with van der Waals surface area (Å²) in [6, 6.07) is 12.4. The summed E-state index contributed by atoms with van der Waals surface area (Å²) < 4.78 is 8.07. The molecule has 2 aromatic carbocycles. The van der Waals surface area contributed by atoms with Gasteiger partial charge in [0, 0.05) is 25.4 Å². The van der Waals surface area contributed by atoms with Gasteiger partial charge in [0.1, 0.15) is 11.9 Å². The molecule has 1 fully saturated rings. The van der Waals surface area contributed by atoms with Crippen LogP contribution >= 0.6 is 0 Å². The van der Waals surface area contributed by atoms with Gasteiger partial charge in [-0.15, -0.1) is 0 Å². The summed E-state index contributed by atoms with van der Waals surface area (Å²) in [6.07, 6.45) is 5.55. The molecule has 0 unspecified atom stereocenters. The maximum absolute atomic E-state index is 13.0. The van der Waals surface area contributed by atoms with Gasteiger partial charge >= 0.3 is 0 Å². The van der Waals surface area contributed by atoms with Crippen molar-refractivity contribution in [2.75, 3.05) is 13.1 Å². The molecule has 1 amide bonds. The summed E-state index contributed by atoms with van der Waals surface area (Å²) in [7, 11) is 0. The molecule has 0 spiro atoms. The van der Waals surface area contributed by atoms with E-state index in [-0.39, 0.29) is 12.0 Å². The third-order valence-electron chi connectivity index (χ3n) is 5.99. The second-order valence-electron chi connectivity index (χ2n) is 7.74. The number of carbonyl (C=O) groups is 1. The first-order valence-electron chi connectivity index (χ1n) is 9.78.